The van der Waals surface area contributed by atoms with Crippen LogP contribution >= 0.6 is 15.9 Å². The summed E-state index contributed by atoms with van der Waals surface area (Å²) in [6, 6.07) is 8.48. The molecule has 1 amide bonds. The van der Waals surface area contributed by atoms with Crippen LogP contribution < -0.4 is 0 Å². The first-order valence-corrected chi connectivity index (χ1v) is 12.0. The number of carbonyl (C=O) groups is 1. The van der Waals surface area contributed by atoms with E-state index >= 15 is 0 Å². The predicted molar refractivity (Wildman–Crippen MR) is 121 cm³/mol. The van der Waals surface area contributed by atoms with Crippen molar-refractivity contribution in [3.63, 3.8) is 0 Å². The monoisotopic (exact) mass is 452 g/mol. The number of aromatic amines is 1. The molecule has 4 heteroatoms. The number of nitrogens with one attached hydrogen (secondary N) is 1. The Hall–Kier alpha value is -1.55. The highest BCUT2D eigenvalue weighted by atomic mass is 79.9. The van der Waals surface area contributed by atoms with Gasteiger partial charge in [0, 0.05) is 46.5 Å². The standard InChI is InChI=1S/C25H29BrN2O/c26-25-12-17-9-18(13-25)11-24(10-17,16-25)14-23(29)28-7-5-19(6-8-28)21-15-27-22-4-2-1-3-20(21)22/h1-5,15,17-18,27H,6-14,16H2/t17-,18-,24?,25?/m1/s1. The number of para-hydroxylation sites is 1. The van der Waals surface area contributed by atoms with Crippen molar-refractivity contribution in [2.75, 3.05) is 13.1 Å². The van der Waals surface area contributed by atoms with E-state index in [1.807, 2.05) is 0 Å². The lowest BCUT2D eigenvalue weighted by atomic mass is 9.48. The molecule has 2 atom stereocenters. The van der Waals surface area contributed by atoms with E-state index in [1.165, 1.54) is 60.6 Å². The maximum atomic E-state index is 13.3. The van der Waals surface area contributed by atoms with Crippen LogP contribution in [0.25, 0.3) is 16.5 Å². The second kappa shape index (κ2) is 6.47. The van der Waals surface area contributed by atoms with E-state index in [9.17, 15) is 4.79 Å². The molecule has 1 aromatic heterocycles. The molecule has 2 aromatic rings. The molecule has 0 unspecified atom stereocenters. The Morgan fingerprint density at radius 2 is 1.97 bits per heavy atom. The fraction of sp³-hybridized carbons (Fsp3) is 0.560. The predicted octanol–water partition coefficient (Wildman–Crippen LogP) is 5.91. The Morgan fingerprint density at radius 1 is 1.17 bits per heavy atom. The second-order valence-corrected chi connectivity index (χ2v) is 12.0. The van der Waals surface area contributed by atoms with Gasteiger partial charge in [0.15, 0.2) is 0 Å². The van der Waals surface area contributed by atoms with Crippen LogP contribution in [0, 0.1) is 17.3 Å². The van der Waals surface area contributed by atoms with Gasteiger partial charge >= 0.3 is 0 Å². The first-order chi connectivity index (χ1) is 14.0. The minimum atomic E-state index is 0.269. The third-order valence-corrected chi connectivity index (χ3v) is 9.06. The van der Waals surface area contributed by atoms with Crippen LogP contribution in [0.1, 0.15) is 56.9 Å². The summed E-state index contributed by atoms with van der Waals surface area (Å²) in [5.74, 6) is 2.08. The number of alkyl halides is 1. The van der Waals surface area contributed by atoms with Gasteiger partial charge in [-0.15, -0.1) is 0 Å². The van der Waals surface area contributed by atoms with Crippen molar-refractivity contribution in [1.29, 1.82) is 0 Å². The van der Waals surface area contributed by atoms with E-state index in [1.54, 1.807) is 0 Å². The molecule has 5 aliphatic rings. The zero-order valence-corrected chi connectivity index (χ0v) is 18.5. The maximum absolute atomic E-state index is 13.3. The molecular weight excluding hydrogens is 424 g/mol. The van der Waals surface area contributed by atoms with E-state index in [2.05, 4.69) is 62.4 Å². The molecular formula is C25H29BrN2O. The van der Waals surface area contributed by atoms with Crippen molar-refractivity contribution in [1.82, 2.24) is 9.88 Å². The highest BCUT2D eigenvalue weighted by Gasteiger charge is 2.57. The average molecular weight is 453 g/mol. The first kappa shape index (κ1) is 18.2. The molecule has 1 aromatic carbocycles. The van der Waals surface area contributed by atoms with Gasteiger partial charge in [0.2, 0.25) is 5.91 Å². The number of carbonyl (C=O) groups excluding carboxylic acids is 1. The molecule has 1 aliphatic heterocycles. The minimum Gasteiger partial charge on any atom is -0.361 e. The molecule has 4 bridgehead atoms. The summed E-state index contributed by atoms with van der Waals surface area (Å²) >= 11 is 4.09. The third kappa shape index (κ3) is 3.10. The summed E-state index contributed by atoms with van der Waals surface area (Å²) in [7, 11) is 0. The van der Waals surface area contributed by atoms with E-state index in [-0.39, 0.29) is 5.41 Å². The van der Waals surface area contributed by atoms with Gasteiger partial charge in [-0.1, -0.05) is 40.2 Å². The number of nitrogens with zero attached hydrogens (tertiary/aromatic N) is 1. The zero-order chi connectivity index (χ0) is 19.6. The van der Waals surface area contributed by atoms with Crippen molar-refractivity contribution < 1.29 is 4.79 Å². The van der Waals surface area contributed by atoms with Crippen LogP contribution in [0.2, 0.25) is 0 Å². The molecule has 7 rings (SSSR count). The lowest BCUT2D eigenvalue weighted by molar-refractivity contribution is -0.138. The number of aromatic nitrogens is 1. The lowest BCUT2D eigenvalue weighted by Gasteiger charge is -2.60. The number of fused-ring (bicyclic) bond motifs is 1. The summed E-state index contributed by atoms with van der Waals surface area (Å²) < 4.78 is 0.335. The van der Waals surface area contributed by atoms with Crippen molar-refractivity contribution >= 4 is 38.3 Å². The van der Waals surface area contributed by atoms with Gasteiger partial charge in [-0.3, -0.25) is 4.79 Å². The zero-order valence-electron chi connectivity index (χ0n) is 16.9. The van der Waals surface area contributed by atoms with Crippen molar-refractivity contribution in [2.24, 2.45) is 17.3 Å². The second-order valence-electron chi connectivity index (χ2n) is 10.4. The van der Waals surface area contributed by atoms with Gasteiger partial charge in [-0.25, -0.2) is 0 Å². The molecule has 4 saturated carbocycles. The number of hydrogen-bond acceptors (Lipinski definition) is 1. The average Bonchev–Trinajstić information content (AvgIpc) is 3.10. The van der Waals surface area contributed by atoms with E-state index in [0.717, 1.165) is 37.8 Å². The van der Waals surface area contributed by atoms with Gasteiger partial charge in [0.25, 0.3) is 0 Å². The fourth-order valence-corrected chi connectivity index (χ4v) is 8.96. The largest absolute Gasteiger partial charge is 0.361 e. The highest BCUT2D eigenvalue weighted by Crippen LogP contribution is 2.65. The number of rotatable bonds is 3. The van der Waals surface area contributed by atoms with Crippen LogP contribution in [0.15, 0.2) is 36.5 Å². The smallest absolute Gasteiger partial charge is 0.223 e. The van der Waals surface area contributed by atoms with Crippen molar-refractivity contribution in [3.05, 3.63) is 42.1 Å². The molecule has 1 N–H and O–H groups in total. The Bertz CT molecular complexity index is 991. The van der Waals surface area contributed by atoms with Crippen LogP contribution in [-0.4, -0.2) is 33.2 Å². The van der Waals surface area contributed by atoms with Gasteiger partial charge in [-0.05, 0) is 73.8 Å². The first-order valence-electron chi connectivity index (χ1n) is 11.2. The Balaban J connectivity index is 1.17. The minimum absolute atomic E-state index is 0.269. The van der Waals surface area contributed by atoms with Crippen molar-refractivity contribution in [2.45, 2.75) is 55.7 Å². The molecule has 0 saturated heterocycles. The number of halogens is 1. The van der Waals surface area contributed by atoms with E-state index < -0.39 is 0 Å². The van der Waals surface area contributed by atoms with Crippen LogP contribution in [0.3, 0.4) is 0 Å². The van der Waals surface area contributed by atoms with E-state index in [0.29, 0.717) is 10.2 Å². The number of hydrogen-bond donors (Lipinski definition) is 1. The summed E-state index contributed by atoms with van der Waals surface area (Å²) in [4.78, 5) is 18.8. The Kier molecular flexibility index (Phi) is 4.07. The highest BCUT2D eigenvalue weighted by molar-refractivity contribution is 9.10. The fourth-order valence-electron chi connectivity index (χ4n) is 7.45. The molecule has 3 nitrogen and oxygen atoms in total. The normalized spacial score (nSPS) is 35.9. The molecule has 152 valence electrons. The summed E-state index contributed by atoms with van der Waals surface area (Å²) in [5.41, 5.74) is 4.13. The van der Waals surface area contributed by atoms with Crippen LogP contribution in [0.4, 0.5) is 0 Å². The molecule has 29 heavy (non-hydrogen) atoms. The quantitative estimate of drug-likeness (QED) is 0.577. The van der Waals surface area contributed by atoms with E-state index in [4.69, 9.17) is 0 Å². The SMILES string of the molecule is O=C(CC12C[C@H]3C[C@@H](CC(Br)(C3)C1)C2)N1CC=C(c2c[nH]c3ccccc23)CC1. The summed E-state index contributed by atoms with van der Waals surface area (Å²) in [6.07, 6.45) is 14.0. The molecule has 0 spiro atoms. The third-order valence-electron chi connectivity index (χ3n) is 8.13. The van der Waals surface area contributed by atoms with Gasteiger partial charge < -0.3 is 9.88 Å². The van der Waals surface area contributed by atoms with Crippen LogP contribution in [-0.2, 0) is 4.79 Å². The Labute approximate surface area is 181 Å². The number of H-pyrrole nitrogens is 1. The summed E-state index contributed by atoms with van der Waals surface area (Å²) in [6.45, 7) is 1.61. The maximum Gasteiger partial charge on any atom is 0.223 e. The van der Waals surface area contributed by atoms with Crippen molar-refractivity contribution in [3.8, 4) is 0 Å². The van der Waals surface area contributed by atoms with Gasteiger partial charge in [-0.2, -0.15) is 0 Å². The molecule has 4 fully saturated rings. The number of benzene rings is 1. The lowest BCUT2D eigenvalue weighted by Crippen LogP contribution is -2.54. The number of amides is 1. The Morgan fingerprint density at radius 3 is 2.69 bits per heavy atom. The molecule has 4 aliphatic carbocycles. The molecule has 2 heterocycles. The van der Waals surface area contributed by atoms with Crippen LogP contribution in [0.5, 0.6) is 0 Å². The summed E-state index contributed by atoms with van der Waals surface area (Å²) in [5, 5.41) is 1.29. The molecule has 0 radical (unpaired) electrons. The topological polar surface area (TPSA) is 36.1 Å². The van der Waals surface area contributed by atoms with Gasteiger partial charge in [0.1, 0.15) is 0 Å². The van der Waals surface area contributed by atoms with Gasteiger partial charge in [0.05, 0.1) is 0 Å².